The highest BCUT2D eigenvalue weighted by Gasteiger charge is 2.41. The van der Waals surface area contributed by atoms with Gasteiger partial charge in [0.2, 0.25) is 0 Å². The van der Waals surface area contributed by atoms with Crippen LogP contribution in [-0.2, 0) is 20.0 Å². The molecule has 1 aliphatic rings. The number of fused-ring (bicyclic) bond motifs is 1. The van der Waals surface area contributed by atoms with Crippen molar-refractivity contribution in [3.8, 4) is 0 Å². The Balaban J connectivity index is 2.12. The molecule has 2 heterocycles. The Morgan fingerprint density at radius 3 is 2.50 bits per heavy atom. The Kier molecular flexibility index (Phi) is 3.28. The summed E-state index contributed by atoms with van der Waals surface area (Å²) in [6, 6.07) is 7.58. The molecular weight excluding hydrogens is 275 g/mol. The number of furan rings is 1. The highest BCUT2D eigenvalue weighted by atomic mass is 31.2. The van der Waals surface area contributed by atoms with Crippen LogP contribution in [0.2, 0.25) is 0 Å². The van der Waals surface area contributed by atoms with Crippen LogP contribution in [0.3, 0.4) is 0 Å². The third-order valence-corrected chi connectivity index (χ3v) is 5.46. The summed E-state index contributed by atoms with van der Waals surface area (Å²) in [7, 11) is -3.29. The molecule has 5 heteroatoms. The van der Waals surface area contributed by atoms with Crippen LogP contribution >= 0.6 is 7.60 Å². The number of benzene rings is 1. The molecule has 1 saturated heterocycles. The van der Waals surface area contributed by atoms with E-state index in [-0.39, 0.29) is 5.41 Å². The molecular formula is C15H19O4P. The number of para-hydroxylation sites is 1. The first-order valence-electron chi connectivity index (χ1n) is 6.85. The van der Waals surface area contributed by atoms with Crippen molar-refractivity contribution in [1.29, 1.82) is 0 Å². The molecule has 0 bridgehead atoms. The van der Waals surface area contributed by atoms with Gasteiger partial charge in [-0.25, -0.2) is 0 Å². The van der Waals surface area contributed by atoms with Gasteiger partial charge in [-0.1, -0.05) is 39.0 Å². The standard InChI is InChI=1S/C15H19O4P/c1-4-12-14(11-7-5-6-8-13(11)19-12)20(16)17-9-15(2,3)10-18-20/h5-8H,4,9-10H2,1-3H3. The Morgan fingerprint density at radius 2 is 1.85 bits per heavy atom. The monoisotopic (exact) mass is 294 g/mol. The molecule has 1 fully saturated rings. The predicted molar refractivity (Wildman–Crippen MR) is 78.5 cm³/mol. The van der Waals surface area contributed by atoms with Gasteiger partial charge in [-0.05, 0) is 6.07 Å². The lowest BCUT2D eigenvalue weighted by Gasteiger charge is -2.33. The van der Waals surface area contributed by atoms with E-state index in [9.17, 15) is 4.57 Å². The van der Waals surface area contributed by atoms with Gasteiger partial charge in [0.1, 0.15) is 16.6 Å². The molecule has 0 radical (unpaired) electrons. The summed E-state index contributed by atoms with van der Waals surface area (Å²) in [6.07, 6.45) is 0.657. The Hall–Kier alpha value is -1.09. The summed E-state index contributed by atoms with van der Waals surface area (Å²) in [5, 5.41) is 1.43. The molecule has 0 saturated carbocycles. The zero-order valence-electron chi connectivity index (χ0n) is 12.0. The molecule has 0 spiro atoms. The van der Waals surface area contributed by atoms with E-state index in [1.165, 1.54) is 0 Å². The quantitative estimate of drug-likeness (QED) is 0.788. The van der Waals surface area contributed by atoms with Crippen LogP contribution in [-0.4, -0.2) is 13.2 Å². The Bertz CT molecular complexity index is 672. The molecule has 2 aromatic rings. The minimum Gasteiger partial charge on any atom is -0.460 e. The molecule has 0 N–H and O–H groups in total. The zero-order valence-corrected chi connectivity index (χ0v) is 12.9. The van der Waals surface area contributed by atoms with E-state index >= 15 is 0 Å². The van der Waals surface area contributed by atoms with E-state index in [1.54, 1.807) is 0 Å². The van der Waals surface area contributed by atoms with E-state index in [4.69, 9.17) is 13.5 Å². The smallest absolute Gasteiger partial charge is 0.365 e. The molecule has 1 aromatic carbocycles. The number of hydrogen-bond acceptors (Lipinski definition) is 4. The van der Waals surface area contributed by atoms with Gasteiger partial charge in [-0.2, -0.15) is 0 Å². The van der Waals surface area contributed by atoms with Gasteiger partial charge in [-0.3, -0.25) is 4.57 Å². The van der Waals surface area contributed by atoms with Crippen molar-refractivity contribution in [2.24, 2.45) is 5.41 Å². The van der Waals surface area contributed by atoms with Gasteiger partial charge in [0, 0.05) is 17.2 Å². The highest BCUT2D eigenvalue weighted by molar-refractivity contribution is 7.63. The normalized spacial score (nSPS) is 21.1. The van der Waals surface area contributed by atoms with Crippen molar-refractivity contribution < 1.29 is 18.0 Å². The summed E-state index contributed by atoms with van der Waals surface area (Å²) < 4.78 is 30.2. The van der Waals surface area contributed by atoms with Crippen molar-refractivity contribution in [3.63, 3.8) is 0 Å². The largest absolute Gasteiger partial charge is 0.460 e. The summed E-state index contributed by atoms with van der Waals surface area (Å²) in [6.45, 7) is 6.89. The Morgan fingerprint density at radius 1 is 1.20 bits per heavy atom. The van der Waals surface area contributed by atoms with Crippen molar-refractivity contribution >= 4 is 23.9 Å². The molecule has 4 nitrogen and oxygen atoms in total. The molecule has 0 atom stereocenters. The van der Waals surface area contributed by atoms with E-state index < -0.39 is 7.60 Å². The third kappa shape index (κ3) is 2.22. The maximum atomic E-state index is 13.1. The van der Waals surface area contributed by atoms with Crippen LogP contribution < -0.4 is 5.30 Å². The van der Waals surface area contributed by atoms with Crippen molar-refractivity contribution in [1.82, 2.24) is 0 Å². The average molecular weight is 294 g/mol. The number of aryl methyl sites for hydroxylation is 1. The summed E-state index contributed by atoms with van der Waals surface area (Å²) in [5.74, 6) is 0.689. The lowest BCUT2D eigenvalue weighted by Crippen LogP contribution is -2.32. The van der Waals surface area contributed by atoms with E-state index in [1.807, 2.05) is 45.0 Å². The van der Waals surface area contributed by atoms with Gasteiger partial charge in [0.15, 0.2) is 0 Å². The lowest BCUT2D eigenvalue weighted by molar-refractivity contribution is 0.0463. The lowest BCUT2D eigenvalue weighted by atomic mass is 9.97. The van der Waals surface area contributed by atoms with Crippen LogP contribution in [0.15, 0.2) is 28.7 Å². The van der Waals surface area contributed by atoms with E-state index in [0.717, 1.165) is 11.0 Å². The van der Waals surface area contributed by atoms with Crippen molar-refractivity contribution in [2.75, 3.05) is 13.2 Å². The molecule has 0 amide bonds. The van der Waals surface area contributed by atoms with Crippen LogP contribution in [0.5, 0.6) is 0 Å². The maximum Gasteiger partial charge on any atom is 0.365 e. The van der Waals surface area contributed by atoms with Crippen molar-refractivity contribution in [3.05, 3.63) is 30.0 Å². The first-order valence-corrected chi connectivity index (χ1v) is 8.39. The van der Waals surface area contributed by atoms with Crippen LogP contribution in [0.25, 0.3) is 11.0 Å². The predicted octanol–water partition coefficient (Wildman–Crippen LogP) is 3.89. The molecule has 20 heavy (non-hydrogen) atoms. The molecule has 3 rings (SSSR count). The fourth-order valence-corrected chi connectivity index (χ4v) is 4.71. The average Bonchev–Trinajstić information content (AvgIpc) is 2.82. The Labute approximate surface area is 118 Å². The molecule has 1 aromatic heterocycles. The van der Waals surface area contributed by atoms with Crippen LogP contribution in [0, 0.1) is 5.41 Å². The minimum absolute atomic E-state index is 0.111. The second-order valence-corrected chi connectivity index (χ2v) is 7.89. The van der Waals surface area contributed by atoms with E-state index in [0.29, 0.717) is 30.7 Å². The first-order chi connectivity index (χ1) is 9.45. The van der Waals surface area contributed by atoms with E-state index in [2.05, 4.69) is 0 Å². The second-order valence-electron chi connectivity index (χ2n) is 5.93. The van der Waals surface area contributed by atoms with Gasteiger partial charge in [-0.15, -0.1) is 0 Å². The molecule has 108 valence electrons. The molecule has 0 unspecified atom stereocenters. The second kappa shape index (κ2) is 4.73. The minimum atomic E-state index is -3.29. The van der Waals surface area contributed by atoms with Gasteiger partial charge in [0.25, 0.3) is 0 Å². The van der Waals surface area contributed by atoms with Crippen LogP contribution in [0.4, 0.5) is 0 Å². The summed E-state index contributed by atoms with van der Waals surface area (Å²) in [4.78, 5) is 0. The van der Waals surface area contributed by atoms with Gasteiger partial charge in [0.05, 0.1) is 13.2 Å². The molecule has 0 aliphatic carbocycles. The highest BCUT2D eigenvalue weighted by Crippen LogP contribution is 2.55. The topological polar surface area (TPSA) is 48.7 Å². The fraction of sp³-hybridized carbons (Fsp3) is 0.467. The van der Waals surface area contributed by atoms with Gasteiger partial charge < -0.3 is 13.5 Å². The summed E-state index contributed by atoms with van der Waals surface area (Å²) in [5.41, 5.74) is 0.617. The number of rotatable bonds is 2. The summed E-state index contributed by atoms with van der Waals surface area (Å²) >= 11 is 0. The van der Waals surface area contributed by atoms with Crippen LogP contribution in [0.1, 0.15) is 26.5 Å². The maximum absolute atomic E-state index is 13.1. The zero-order chi connectivity index (χ0) is 14.4. The first kappa shape index (κ1) is 13.9. The van der Waals surface area contributed by atoms with Gasteiger partial charge >= 0.3 is 7.60 Å². The molecule has 1 aliphatic heterocycles. The van der Waals surface area contributed by atoms with Crippen molar-refractivity contribution in [2.45, 2.75) is 27.2 Å². The number of hydrogen-bond donors (Lipinski definition) is 0. The third-order valence-electron chi connectivity index (χ3n) is 3.48. The fourth-order valence-electron chi connectivity index (χ4n) is 2.35. The SMILES string of the molecule is CCc1oc2ccccc2c1P1(=O)OCC(C)(C)CO1.